The van der Waals surface area contributed by atoms with Crippen LogP contribution in [-0.4, -0.2) is 27.5 Å². The van der Waals surface area contributed by atoms with Crippen molar-refractivity contribution in [3.63, 3.8) is 0 Å². The molecule has 1 heterocycles. The Morgan fingerprint density at radius 3 is 1.88 bits per heavy atom. The van der Waals surface area contributed by atoms with E-state index in [1.807, 2.05) is 12.1 Å². The number of hydrogen-bond donors (Lipinski definition) is 0. The average Bonchev–Trinajstić information content (AvgIpc) is 2.95. The lowest BCUT2D eigenvalue weighted by molar-refractivity contribution is -0.137. The van der Waals surface area contributed by atoms with E-state index in [1.165, 1.54) is 10.4 Å². The van der Waals surface area contributed by atoms with E-state index in [2.05, 4.69) is 76.2 Å². The summed E-state index contributed by atoms with van der Waals surface area (Å²) in [4.78, 5) is 11.7. The molecule has 1 aliphatic heterocycles. The van der Waals surface area contributed by atoms with Crippen molar-refractivity contribution in [2.24, 2.45) is 5.41 Å². The Labute approximate surface area is 157 Å². The number of benzene rings is 2. The fraction of sp³-hybridized carbons (Fsp3) is 0.409. The van der Waals surface area contributed by atoms with Gasteiger partial charge < -0.3 is 9.16 Å². The second kappa shape index (κ2) is 7.01. The first kappa shape index (κ1) is 18.9. The van der Waals surface area contributed by atoms with Crippen molar-refractivity contribution in [1.82, 2.24) is 0 Å². The van der Waals surface area contributed by atoms with Crippen molar-refractivity contribution in [2.75, 3.05) is 13.2 Å². The minimum absolute atomic E-state index is 0.0600. The lowest BCUT2D eigenvalue weighted by Gasteiger charge is -2.44. The summed E-state index contributed by atoms with van der Waals surface area (Å²) in [5, 5.41) is 2.45. The van der Waals surface area contributed by atoms with Gasteiger partial charge in [-0.1, -0.05) is 88.4 Å². The van der Waals surface area contributed by atoms with E-state index in [0.717, 1.165) is 0 Å². The zero-order valence-electron chi connectivity index (χ0n) is 16.1. The summed E-state index contributed by atoms with van der Waals surface area (Å²) < 4.78 is 12.1. The molecule has 1 unspecified atom stereocenters. The van der Waals surface area contributed by atoms with Crippen molar-refractivity contribution in [3.05, 3.63) is 60.7 Å². The molecule has 0 radical (unpaired) electrons. The molecule has 1 atom stereocenters. The van der Waals surface area contributed by atoms with E-state index in [9.17, 15) is 4.79 Å². The van der Waals surface area contributed by atoms with Gasteiger partial charge in [0, 0.05) is 12.0 Å². The summed E-state index contributed by atoms with van der Waals surface area (Å²) in [6.07, 6.45) is 0.422. The van der Waals surface area contributed by atoms with Gasteiger partial charge in [0.05, 0.1) is 13.0 Å². The van der Waals surface area contributed by atoms with Crippen molar-refractivity contribution >= 4 is 24.7 Å². The van der Waals surface area contributed by atoms with Gasteiger partial charge in [-0.05, 0) is 15.4 Å². The molecule has 1 fully saturated rings. The molecule has 0 saturated carbocycles. The lowest BCUT2D eigenvalue weighted by atomic mass is 9.91. The monoisotopic (exact) mass is 368 g/mol. The van der Waals surface area contributed by atoms with Gasteiger partial charge in [-0.3, -0.25) is 4.79 Å². The minimum atomic E-state index is -2.55. The van der Waals surface area contributed by atoms with E-state index in [0.29, 0.717) is 19.6 Å². The number of hydrogen-bond acceptors (Lipinski definition) is 3. The molecule has 0 bridgehead atoms. The van der Waals surface area contributed by atoms with Crippen LogP contribution in [0.5, 0.6) is 0 Å². The maximum atomic E-state index is 11.7. The highest BCUT2D eigenvalue weighted by atomic mass is 28.4. The van der Waals surface area contributed by atoms with E-state index in [-0.39, 0.29) is 16.4 Å². The Bertz CT molecular complexity index is 712. The Hall–Kier alpha value is -1.91. The van der Waals surface area contributed by atoms with Gasteiger partial charge in [0.25, 0.3) is 8.32 Å². The zero-order valence-corrected chi connectivity index (χ0v) is 17.1. The normalized spacial score (nSPS) is 20.8. The quantitative estimate of drug-likeness (QED) is 0.598. The van der Waals surface area contributed by atoms with Gasteiger partial charge in [-0.15, -0.1) is 0 Å². The van der Waals surface area contributed by atoms with Gasteiger partial charge >= 0.3 is 5.97 Å². The van der Waals surface area contributed by atoms with Crippen molar-refractivity contribution in [3.8, 4) is 0 Å². The van der Waals surface area contributed by atoms with Crippen LogP contribution >= 0.6 is 0 Å². The molecule has 3 nitrogen and oxygen atoms in total. The van der Waals surface area contributed by atoms with Crippen LogP contribution in [0.25, 0.3) is 0 Å². The fourth-order valence-electron chi connectivity index (χ4n) is 3.84. The first-order valence-electron chi connectivity index (χ1n) is 9.18. The molecule has 0 N–H and O–H groups in total. The number of esters is 1. The highest BCUT2D eigenvalue weighted by Gasteiger charge is 2.51. The molecular weight excluding hydrogens is 340 g/mol. The molecule has 1 aliphatic rings. The van der Waals surface area contributed by atoms with Crippen LogP contribution in [0.15, 0.2) is 60.7 Å². The summed E-state index contributed by atoms with van der Waals surface area (Å²) >= 11 is 0. The topological polar surface area (TPSA) is 35.5 Å². The first-order chi connectivity index (χ1) is 12.3. The van der Waals surface area contributed by atoms with Crippen LogP contribution in [0.3, 0.4) is 0 Å². The van der Waals surface area contributed by atoms with E-state index < -0.39 is 8.32 Å². The smallest absolute Gasteiger partial charge is 0.306 e. The average molecular weight is 369 g/mol. The largest absolute Gasteiger partial charge is 0.465 e. The maximum absolute atomic E-state index is 11.7. The van der Waals surface area contributed by atoms with Gasteiger partial charge in [-0.25, -0.2) is 0 Å². The third-order valence-electron chi connectivity index (χ3n) is 5.21. The molecule has 0 amide bonds. The van der Waals surface area contributed by atoms with Crippen molar-refractivity contribution in [1.29, 1.82) is 0 Å². The van der Waals surface area contributed by atoms with Gasteiger partial charge in [0.15, 0.2) is 0 Å². The van der Waals surface area contributed by atoms with Crippen LogP contribution < -0.4 is 10.4 Å². The van der Waals surface area contributed by atoms with Crippen LogP contribution in [0.2, 0.25) is 5.04 Å². The predicted molar refractivity (Wildman–Crippen MR) is 107 cm³/mol. The molecule has 4 heteroatoms. The second-order valence-electron chi connectivity index (χ2n) is 8.60. The summed E-state index contributed by atoms with van der Waals surface area (Å²) in [5.41, 5.74) is -0.260. The number of cyclic esters (lactones) is 1. The molecule has 2 aromatic carbocycles. The molecule has 1 saturated heterocycles. The first-order valence-corrected chi connectivity index (χ1v) is 11.1. The van der Waals surface area contributed by atoms with Gasteiger partial charge in [0.2, 0.25) is 0 Å². The van der Waals surface area contributed by atoms with Gasteiger partial charge in [0.1, 0.15) is 0 Å². The van der Waals surface area contributed by atoms with Crippen LogP contribution in [0, 0.1) is 5.41 Å². The second-order valence-corrected chi connectivity index (χ2v) is 12.9. The van der Waals surface area contributed by atoms with Crippen molar-refractivity contribution < 1.29 is 14.0 Å². The standard InChI is InChI=1S/C22H28O3Si/c1-21(2,3)26(18-11-7-5-8-12-18,19-13-9-6-10-14-19)25-17-22(4)15-20(23)24-16-22/h5-14H,15-17H2,1-4H3. The van der Waals surface area contributed by atoms with Crippen LogP contribution in [0.4, 0.5) is 0 Å². The summed E-state index contributed by atoms with van der Waals surface area (Å²) in [6.45, 7) is 9.82. The molecule has 26 heavy (non-hydrogen) atoms. The molecule has 2 aromatic rings. The molecular formula is C22H28O3Si. The zero-order chi connectivity index (χ0) is 18.8. The third kappa shape index (κ3) is 3.48. The Kier molecular flexibility index (Phi) is 5.09. The maximum Gasteiger partial charge on any atom is 0.306 e. The molecule has 0 aliphatic carbocycles. The highest BCUT2D eigenvalue weighted by Crippen LogP contribution is 2.39. The molecule has 3 rings (SSSR count). The van der Waals surface area contributed by atoms with E-state index in [1.54, 1.807) is 0 Å². The number of ether oxygens (including phenoxy) is 1. The Morgan fingerprint density at radius 2 is 1.50 bits per heavy atom. The fourth-order valence-corrected chi connectivity index (χ4v) is 8.56. The minimum Gasteiger partial charge on any atom is -0.465 e. The lowest BCUT2D eigenvalue weighted by Crippen LogP contribution is -2.67. The van der Waals surface area contributed by atoms with Crippen LogP contribution in [-0.2, 0) is 14.0 Å². The third-order valence-corrected chi connectivity index (χ3v) is 10.2. The molecule has 0 spiro atoms. The number of rotatable bonds is 5. The summed E-state index contributed by atoms with van der Waals surface area (Å²) in [5.74, 6) is -0.126. The van der Waals surface area contributed by atoms with Crippen molar-refractivity contribution in [2.45, 2.75) is 39.2 Å². The predicted octanol–water partition coefficient (Wildman–Crippen LogP) is 3.52. The summed E-state index contributed by atoms with van der Waals surface area (Å²) in [6, 6.07) is 21.1. The van der Waals surface area contributed by atoms with Gasteiger partial charge in [-0.2, -0.15) is 0 Å². The van der Waals surface area contributed by atoms with Crippen LogP contribution in [0.1, 0.15) is 34.1 Å². The van der Waals surface area contributed by atoms with E-state index >= 15 is 0 Å². The number of carbonyl (C=O) groups is 1. The molecule has 138 valence electrons. The summed E-state index contributed by atoms with van der Waals surface area (Å²) in [7, 11) is -2.55. The Balaban J connectivity index is 2.07. The van der Waals surface area contributed by atoms with E-state index in [4.69, 9.17) is 9.16 Å². The molecule has 0 aromatic heterocycles. The SMILES string of the molecule is CC1(CO[Si](c2ccccc2)(c2ccccc2)C(C)(C)C)COC(=O)C1. The number of carbonyl (C=O) groups excluding carboxylic acids is 1. The highest BCUT2D eigenvalue weighted by molar-refractivity contribution is 6.99. The Morgan fingerprint density at radius 1 is 1.00 bits per heavy atom.